The molecule has 7 heteroatoms. The van der Waals surface area contributed by atoms with Gasteiger partial charge in [-0.1, -0.05) is 62.4 Å². The highest BCUT2D eigenvalue weighted by Gasteiger charge is 2.50. The van der Waals surface area contributed by atoms with Crippen molar-refractivity contribution in [2.24, 2.45) is 23.7 Å². The first-order valence-electron chi connectivity index (χ1n) is 12.5. The van der Waals surface area contributed by atoms with Gasteiger partial charge < -0.3 is 20.5 Å². The van der Waals surface area contributed by atoms with Crippen molar-refractivity contribution in [2.75, 3.05) is 6.61 Å². The molecule has 2 aromatic carbocycles. The number of carbonyl (C=O) groups excluding carboxylic acids is 2. The Morgan fingerprint density at radius 3 is 2.20 bits per heavy atom. The summed E-state index contributed by atoms with van der Waals surface area (Å²) < 4.78 is 5.63. The second kappa shape index (κ2) is 9.36. The van der Waals surface area contributed by atoms with E-state index in [1.54, 1.807) is 0 Å². The standard InChI is InChI=1S/C28H32N2O5/c1-15(2)25(26(31)29-24-13-16-11-17(27(32)33)12-22(16)24)30-28(34)35-14-23-20-9-5-3-7-18(20)19-8-4-6-10-21(19)23/h3-10,15-17,22-25H,11-14H2,1-2H3,(H,29,31)(H,30,34)(H,32,33)/t16-,17?,22-,24+,25+/m1/s1. The number of alkyl carbamates (subject to hydrolysis) is 1. The summed E-state index contributed by atoms with van der Waals surface area (Å²) in [6.45, 7) is 3.95. The van der Waals surface area contributed by atoms with Gasteiger partial charge in [-0.25, -0.2) is 4.79 Å². The molecule has 2 saturated carbocycles. The summed E-state index contributed by atoms with van der Waals surface area (Å²) in [5.74, 6) is -0.891. The van der Waals surface area contributed by atoms with Gasteiger partial charge in [0, 0.05) is 12.0 Å². The number of carbonyl (C=O) groups is 3. The van der Waals surface area contributed by atoms with Crippen molar-refractivity contribution in [1.82, 2.24) is 10.6 Å². The molecule has 0 aromatic heterocycles. The van der Waals surface area contributed by atoms with Crippen molar-refractivity contribution in [3.63, 3.8) is 0 Å². The molecule has 0 saturated heterocycles. The number of ether oxygens (including phenoxy) is 1. The number of hydrogen-bond donors (Lipinski definition) is 3. The van der Waals surface area contributed by atoms with Crippen LogP contribution in [0.15, 0.2) is 48.5 Å². The summed E-state index contributed by atoms with van der Waals surface area (Å²) in [4.78, 5) is 37.1. The van der Waals surface area contributed by atoms with Crippen LogP contribution in [0.25, 0.3) is 11.1 Å². The number of carboxylic acid groups (broad SMARTS) is 1. The SMILES string of the molecule is CC(C)[C@H](NC(=O)OCC1c2ccccc2-c2ccccc21)C(=O)N[C@H]1C[C@H]2CC(C(=O)O)C[C@H]21. The second-order valence-electron chi connectivity index (χ2n) is 10.5. The highest BCUT2D eigenvalue weighted by Crippen LogP contribution is 2.50. The van der Waals surface area contributed by atoms with E-state index in [-0.39, 0.29) is 42.2 Å². The summed E-state index contributed by atoms with van der Waals surface area (Å²) in [7, 11) is 0. The predicted molar refractivity (Wildman–Crippen MR) is 131 cm³/mol. The molecule has 0 bridgehead atoms. The maximum Gasteiger partial charge on any atom is 0.407 e. The monoisotopic (exact) mass is 476 g/mol. The van der Waals surface area contributed by atoms with Crippen molar-refractivity contribution < 1.29 is 24.2 Å². The van der Waals surface area contributed by atoms with Crippen LogP contribution in [0, 0.1) is 23.7 Å². The number of rotatable bonds is 7. The fourth-order valence-corrected chi connectivity index (χ4v) is 6.17. The fourth-order valence-electron chi connectivity index (χ4n) is 6.17. The molecule has 3 aliphatic carbocycles. The summed E-state index contributed by atoms with van der Waals surface area (Å²) in [6, 6.07) is 15.6. The van der Waals surface area contributed by atoms with Gasteiger partial charge in [0.25, 0.3) is 0 Å². The van der Waals surface area contributed by atoms with E-state index < -0.39 is 18.1 Å². The van der Waals surface area contributed by atoms with Crippen molar-refractivity contribution in [1.29, 1.82) is 0 Å². The molecule has 2 fully saturated rings. The quantitative estimate of drug-likeness (QED) is 0.557. The molecule has 3 N–H and O–H groups in total. The van der Waals surface area contributed by atoms with Gasteiger partial charge in [0.15, 0.2) is 0 Å². The first-order valence-corrected chi connectivity index (χ1v) is 12.5. The molecule has 35 heavy (non-hydrogen) atoms. The maximum atomic E-state index is 13.0. The van der Waals surface area contributed by atoms with E-state index in [9.17, 15) is 19.5 Å². The number of aliphatic carboxylic acids is 1. The normalized spacial score (nSPS) is 25.1. The zero-order valence-corrected chi connectivity index (χ0v) is 20.1. The lowest BCUT2D eigenvalue weighted by Gasteiger charge is -2.41. The van der Waals surface area contributed by atoms with E-state index in [4.69, 9.17) is 4.74 Å². The van der Waals surface area contributed by atoms with Gasteiger partial charge in [0.1, 0.15) is 12.6 Å². The smallest absolute Gasteiger partial charge is 0.407 e. The molecule has 0 heterocycles. The minimum Gasteiger partial charge on any atom is -0.481 e. The molecule has 7 nitrogen and oxygen atoms in total. The molecule has 184 valence electrons. The zero-order valence-electron chi connectivity index (χ0n) is 20.1. The third kappa shape index (κ3) is 4.40. The third-order valence-corrected chi connectivity index (χ3v) is 8.07. The van der Waals surface area contributed by atoms with E-state index >= 15 is 0 Å². The molecule has 0 aliphatic heterocycles. The van der Waals surface area contributed by atoms with Crippen molar-refractivity contribution in [2.45, 2.75) is 51.1 Å². The van der Waals surface area contributed by atoms with E-state index in [0.717, 1.165) is 28.7 Å². The predicted octanol–water partition coefficient (Wildman–Crippen LogP) is 4.17. The highest BCUT2D eigenvalue weighted by molar-refractivity contribution is 5.86. The van der Waals surface area contributed by atoms with Crippen LogP contribution in [0.1, 0.15) is 50.2 Å². The molecular weight excluding hydrogens is 444 g/mol. The highest BCUT2D eigenvalue weighted by atomic mass is 16.5. The van der Waals surface area contributed by atoms with E-state index in [1.807, 2.05) is 38.1 Å². The van der Waals surface area contributed by atoms with Gasteiger partial charge in [-0.05, 0) is 59.3 Å². The Morgan fingerprint density at radius 1 is 0.971 bits per heavy atom. The van der Waals surface area contributed by atoms with Crippen LogP contribution in [0.5, 0.6) is 0 Å². The van der Waals surface area contributed by atoms with Crippen LogP contribution in [-0.2, 0) is 14.3 Å². The molecule has 5 rings (SSSR count). The topological polar surface area (TPSA) is 105 Å². The Morgan fingerprint density at radius 2 is 1.60 bits per heavy atom. The van der Waals surface area contributed by atoms with Crippen molar-refractivity contribution in [3.05, 3.63) is 59.7 Å². The molecular formula is C28H32N2O5. The Hall–Kier alpha value is -3.35. The molecule has 2 aromatic rings. The largest absolute Gasteiger partial charge is 0.481 e. The van der Waals surface area contributed by atoms with Crippen LogP contribution < -0.4 is 10.6 Å². The van der Waals surface area contributed by atoms with E-state index in [2.05, 4.69) is 34.9 Å². The number of carboxylic acids is 1. The molecule has 2 amide bonds. The Bertz CT molecular complexity index is 1100. The molecule has 1 unspecified atom stereocenters. The minimum absolute atomic E-state index is 0.0255. The number of hydrogen-bond acceptors (Lipinski definition) is 4. The average molecular weight is 477 g/mol. The summed E-state index contributed by atoms with van der Waals surface area (Å²) in [6.07, 6.45) is 1.49. The lowest BCUT2D eigenvalue weighted by atomic mass is 9.71. The van der Waals surface area contributed by atoms with Crippen LogP contribution in [0.2, 0.25) is 0 Å². The average Bonchev–Trinajstić information content (AvgIpc) is 3.34. The van der Waals surface area contributed by atoms with Crippen LogP contribution in [0.4, 0.5) is 4.79 Å². The summed E-state index contributed by atoms with van der Waals surface area (Å²) in [5.41, 5.74) is 4.59. The minimum atomic E-state index is -0.749. The lowest BCUT2D eigenvalue weighted by Crippen LogP contribution is -2.57. The van der Waals surface area contributed by atoms with Gasteiger partial charge in [0.2, 0.25) is 5.91 Å². The van der Waals surface area contributed by atoms with E-state index in [1.165, 1.54) is 0 Å². The first kappa shape index (κ1) is 23.4. The molecule has 5 atom stereocenters. The van der Waals surface area contributed by atoms with Gasteiger partial charge >= 0.3 is 12.1 Å². The zero-order chi connectivity index (χ0) is 24.7. The Balaban J connectivity index is 1.18. The molecule has 3 aliphatic rings. The molecule has 0 radical (unpaired) electrons. The number of amides is 2. The van der Waals surface area contributed by atoms with Gasteiger partial charge in [0.05, 0.1) is 5.92 Å². The number of benzene rings is 2. The number of nitrogens with one attached hydrogen (secondary N) is 2. The summed E-state index contributed by atoms with van der Waals surface area (Å²) >= 11 is 0. The Labute approximate surface area is 205 Å². The number of fused-ring (bicyclic) bond motifs is 4. The maximum absolute atomic E-state index is 13.0. The lowest BCUT2D eigenvalue weighted by molar-refractivity contribution is -0.141. The fraction of sp³-hybridized carbons (Fsp3) is 0.464. The van der Waals surface area contributed by atoms with Crippen molar-refractivity contribution >= 4 is 18.0 Å². The Kier molecular flexibility index (Phi) is 6.26. The molecule has 0 spiro atoms. The van der Waals surface area contributed by atoms with Gasteiger partial charge in [-0.15, -0.1) is 0 Å². The van der Waals surface area contributed by atoms with Gasteiger partial charge in [-0.2, -0.15) is 0 Å². The van der Waals surface area contributed by atoms with Crippen LogP contribution in [-0.4, -0.2) is 41.8 Å². The van der Waals surface area contributed by atoms with Crippen LogP contribution in [0.3, 0.4) is 0 Å². The van der Waals surface area contributed by atoms with Gasteiger partial charge in [-0.3, -0.25) is 9.59 Å². The first-order chi connectivity index (χ1) is 16.8. The van der Waals surface area contributed by atoms with Crippen molar-refractivity contribution in [3.8, 4) is 11.1 Å². The second-order valence-corrected chi connectivity index (χ2v) is 10.5. The van der Waals surface area contributed by atoms with E-state index in [0.29, 0.717) is 18.8 Å². The van der Waals surface area contributed by atoms with Crippen LogP contribution >= 0.6 is 0 Å². The summed E-state index contributed by atoms with van der Waals surface area (Å²) in [5, 5.41) is 15.1. The third-order valence-electron chi connectivity index (χ3n) is 8.07.